The van der Waals surface area contributed by atoms with Crippen molar-refractivity contribution in [1.82, 2.24) is 0 Å². The number of alkyl halides is 1. The molecule has 1 aliphatic rings. The average molecular weight is 207 g/mol. The van der Waals surface area contributed by atoms with Crippen LogP contribution < -0.4 is 5.73 Å². The number of aryl methyl sites for hydroxylation is 1. The zero-order valence-electron chi connectivity index (χ0n) is 9.01. The quantitative estimate of drug-likeness (QED) is 0.810. The van der Waals surface area contributed by atoms with Crippen LogP contribution in [0.4, 0.5) is 4.39 Å². The van der Waals surface area contributed by atoms with Crippen LogP contribution in [0.25, 0.3) is 0 Å². The van der Waals surface area contributed by atoms with Crippen LogP contribution in [0.15, 0.2) is 24.3 Å². The minimum Gasteiger partial charge on any atom is -0.321 e. The largest absolute Gasteiger partial charge is 0.321 e. The van der Waals surface area contributed by atoms with Gasteiger partial charge in [0.05, 0.1) is 6.67 Å². The minimum absolute atomic E-state index is 0.147. The first-order chi connectivity index (χ1) is 7.24. The lowest BCUT2D eigenvalue weighted by Gasteiger charge is -2.24. The van der Waals surface area contributed by atoms with Gasteiger partial charge >= 0.3 is 0 Å². The number of hydrogen-bond acceptors (Lipinski definition) is 1. The molecule has 1 saturated carbocycles. The van der Waals surface area contributed by atoms with E-state index in [0.717, 1.165) is 18.4 Å². The minimum atomic E-state index is -0.291. The van der Waals surface area contributed by atoms with E-state index in [1.807, 2.05) is 12.1 Å². The number of rotatable bonds is 3. The summed E-state index contributed by atoms with van der Waals surface area (Å²) in [6.45, 7) is -0.291. The van der Waals surface area contributed by atoms with Crippen molar-refractivity contribution in [2.75, 3.05) is 6.67 Å². The molecule has 2 N–H and O–H groups in total. The Balaban J connectivity index is 2.23. The third kappa shape index (κ3) is 2.20. The molecule has 15 heavy (non-hydrogen) atoms. The van der Waals surface area contributed by atoms with Gasteiger partial charge in [0.1, 0.15) is 0 Å². The fraction of sp³-hybridized carbons (Fsp3) is 0.538. The molecular formula is C13H18FN. The maximum Gasteiger partial charge on any atom is 0.0934 e. The van der Waals surface area contributed by atoms with E-state index in [1.165, 1.54) is 18.4 Å². The molecule has 0 spiro atoms. The molecule has 82 valence electrons. The molecule has 0 aromatic heterocycles. The van der Waals surface area contributed by atoms with Crippen molar-refractivity contribution in [3.8, 4) is 0 Å². The van der Waals surface area contributed by atoms with E-state index in [1.54, 1.807) is 0 Å². The second kappa shape index (κ2) is 4.31. The van der Waals surface area contributed by atoms with Crippen LogP contribution in [-0.4, -0.2) is 6.67 Å². The highest BCUT2D eigenvalue weighted by molar-refractivity contribution is 5.30. The molecule has 1 aromatic carbocycles. The van der Waals surface area contributed by atoms with Crippen molar-refractivity contribution in [1.29, 1.82) is 0 Å². The van der Waals surface area contributed by atoms with Crippen molar-refractivity contribution in [2.24, 2.45) is 5.73 Å². The topological polar surface area (TPSA) is 26.0 Å². The molecule has 1 aliphatic carbocycles. The zero-order chi connectivity index (χ0) is 10.7. The first kappa shape index (κ1) is 10.6. The van der Waals surface area contributed by atoms with Gasteiger partial charge in [0.25, 0.3) is 0 Å². The summed E-state index contributed by atoms with van der Waals surface area (Å²) < 4.78 is 12.3. The summed E-state index contributed by atoms with van der Waals surface area (Å²) in [5.74, 6) is 0. The zero-order valence-corrected chi connectivity index (χ0v) is 9.01. The van der Waals surface area contributed by atoms with Crippen molar-refractivity contribution in [2.45, 2.75) is 37.6 Å². The molecular weight excluding hydrogens is 189 g/mol. The fourth-order valence-electron chi connectivity index (χ4n) is 2.44. The Morgan fingerprint density at radius 3 is 2.67 bits per heavy atom. The fourth-order valence-corrected chi connectivity index (χ4v) is 2.44. The molecule has 0 saturated heterocycles. The van der Waals surface area contributed by atoms with Gasteiger partial charge in [-0.15, -0.1) is 0 Å². The van der Waals surface area contributed by atoms with Gasteiger partial charge in [0, 0.05) is 12.0 Å². The maximum atomic E-state index is 12.3. The number of hydrogen-bond donors (Lipinski definition) is 1. The van der Waals surface area contributed by atoms with E-state index in [9.17, 15) is 4.39 Å². The van der Waals surface area contributed by atoms with Gasteiger partial charge in [0.15, 0.2) is 0 Å². The molecule has 2 rings (SSSR count). The first-order valence-corrected chi connectivity index (χ1v) is 5.69. The van der Waals surface area contributed by atoms with Crippen LogP contribution in [-0.2, 0) is 12.0 Å². The highest BCUT2D eigenvalue weighted by atomic mass is 19.1. The molecule has 2 heteroatoms. The summed E-state index contributed by atoms with van der Waals surface area (Å²) in [5.41, 5.74) is 8.45. The van der Waals surface area contributed by atoms with Gasteiger partial charge in [-0.3, -0.25) is 4.39 Å². The van der Waals surface area contributed by atoms with Crippen molar-refractivity contribution in [3.05, 3.63) is 35.4 Å². The van der Waals surface area contributed by atoms with Crippen molar-refractivity contribution < 1.29 is 4.39 Å². The molecule has 1 nitrogen and oxygen atoms in total. The average Bonchev–Trinajstić information content (AvgIpc) is 2.68. The van der Waals surface area contributed by atoms with Gasteiger partial charge in [-0.2, -0.15) is 0 Å². The van der Waals surface area contributed by atoms with E-state index >= 15 is 0 Å². The van der Waals surface area contributed by atoms with Gasteiger partial charge in [-0.1, -0.05) is 37.1 Å². The SMILES string of the molecule is NC1(c2cccc(CCF)c2)CCCC1. The predicted octanol–water partition coefficient (Wildman–Crippen LogP) is 2.93. The molecule has 1 fully saturated rings. The molecule has 0 amide bonds. The van der Waals surface area contributed by atoms with Gasteiger partial charge in [0.2, 0.25) is 0 Å². The van der Waals surface area contributed by atoms with E-state index in [-0.39, 0.29) is 12.2 Å². The number of benzene rings is 1. The molecule has 0 aliphatic heterocycles. The first-order valence-electron chi connectivity index (χ1n) is 5.69. The van der Waals surface area contributed by atoms with E-state index < -0.39 is 0 Å². The van der Waals surface area contributed by atoms with Crippen LogP contribution in [0.1, 0.15) is 36.8 Å². The van der Waals surface area contributed by atoms with E-state index in [2.05, 4.69) is 12.1 Å². The van der Waals surface area contributed by atoms with Crippen molar-refractivity contribution >= 4 is 0 Å². The monoisotopic (exact) mass is 207 g/mol. The third-order valence-corrected chi connectivity index (χ3v) is 3.38. The number of halogens is 1. The Bertz CT molecular complexity index is 329. The summed E-state index contributed by atoms with van der Waals surface area (Å²) in [6, 6.07) is 8.12. The lowest BCUT2D eigenvalue weighted by molar-refractivity contribution is 0.459. The normalized spacial score (nSPS) is 19.3. The molecule has 0 unspecified atom stereocenters. The maximum absolute atomic E-state index is 12.3. The Morgan fingerprint density at radius 1 is 1.27 bits per heavy atom. The summed E-state index contributed by atoms with van der Waals surface area (Å²) in [7, 11) is 0. The Labute approximate surface area is 90.5 Å². The van der Waals surface area contributed by atoms with E-state index in [4.69, 9.17) is 5.73 Å². The standard InChI is InChI=1S/C13H18FN/c14-9-6-11-4-3-5-12(10-11)13(15)7-1-2-8-13/h3-5,10H,1-2,6-9,15H2. The van der Waals surface area contributed by atoms with E-state index in [0.29, 0.717) is 6.42 Å². The van der Waals surface area contributed by atoms with Gasteiger partial charge < -0.3 is 5.73 Å². The summed E-state index contributed by atoms with van der Waals surface area (Å²) in [6.07, 6.45) is 5.05. The van der Waals surface area contributed by atoms with Crippen LogP contribution >= 0.6 is 0 Å². The lowest BCUT2D eigenvalue weighted by atomic mass is 9.88. The highest BCUT2D eigenvalue weighted by Crippen LogP contribution is 2.36. The molecule has 0 bridgehead atoms. The third-order valence-electron chi connectivity index (χ3n) is 3.38. The van der Waals surface area contributed by atoms with Crippen LogP contribution in [0.5, 0.6) is 0 Å². The second-order valence-corrected chi connectivity index (χ2v) is 4.50. The Kier molecular flexibility index (Phi) is 3.06. The summed E-state index contributed by atoms with van der Waals surface area (Å²) in [4.78, 5) is 0. The van der Waals surface area contributed by atoms with Gasteiger partial charge in [-0.25, -0.2) is 0 Å². The Hall–Kier alpha value is -0.890. The highest BCUT2D eigenvalue weighted by Gasteiger charge is 2.30. The van der Waals surface area contributed by atoms with Crippen LogP contribution in [0, 0.1) is 0 Å². The van der Waals surface area contributed by atoms with Crippen molar-refractivity contribution in [3.63, 3.8) is 0 Å². The van der Waals surface area contributed by atoms with Crippen LogP contribution in [0.3, 0.4) is 0 Å². The molecule has 1 aromatic rings. The molecule has 0 atom stereocenters. The Morgan fingerprint density at radius 2 is 2.00 bits per heavy atom. The summed E-state index contributed by atoms with van der Waals surface area (Å²) in [5, 5.41) is 0. The molecule has 0 heterocycles. The lowest BCUT2D eigenvalue weighted by Crippen LogP contribution is -2.33. The second-order valence-electron chi connectivity index (χ2n) is 4.50. The number of nitrogens with two attached hydrogens (primary N) is 1. The molecule has 0 radical (unpaired) electrons. The van der Waals surface area contributed by atoms with Gasteiger partial charge in [-0.05, 0) is 24.0 Å². The smallest absolute Gasteiger partial charge is 0.0934 e. The summed E-state index contributed by atoms with van der Waals surface area (Å²) >= 11 is 0. The van der Waals surface area contributed by atoms with Crippen LogP contribution in [0.2, 0.25) is 0 Å². The predicted molar refractivity (Wildman–Crippen MR) is 60.5 cm³/mol.